The van der Waals surface area contributed by atoms with Crippen molar-refractivity contribution < 1.29 is 9.53 Å². The second-order valence-corrected chi connectivity index (χ2v) is 6.59. The highest BCUT2D eigenvalue weighted by Crippen LogP contribution is 2.27. The lowest BCUT2D eigenvalue weighted by molar-refractivity contribution is -0.141. The quantitative estimate of drug-likeness (QED) is 0.619. The monoisotopic (exact) mass is 323 g/mol. The van der Waals surface area contributed by atoms with Crippen LogP contribution in [0.2, 0.25) is 0 Å². The number of carbonyl (C=O) groups is 1. The Hall–Kier alpha value is -2.25. The molecule has 0 fully saturated rings. The Bertz CT molecular complexity index is 764. The molecule has 0 spiro atoms. The first-order valence-electron chi connectivity index (χ1n) is 7.64. The molecule has 116 valence electrons. The third kappa shape index (κ3) is 4.14. The van der Waals surface area contributed by atoms with Crippen molar-refractivity contribution in [3.63, 3.8) is 0 Å². The maximum Gasteiger partial charge on any atom is 0.316 e. The van der Waals surface area contributed by atoms with E-state index in [0.29, 0.717) is 11.3 Å². The summed E-state index contributed by atoms with van der Waals surface area (Å²) >= 11 is 1.51. The molecular weight excluding hydrogens is 306 g/mol. The maximum absolute atomic E-state index is 11.9. The zero-order valence-corrected chi connectivity index (χ0v) is 13.6. The molecule has 0 amide bonds. The molecule has 0 aromatic heterocycles. The second kappa shape index (κ2) is 7.34. The van der Waals surface area contributed by atoms with E-state index < -0.39 is 0 Å². The van der Waals surface area contributed by atoms with Gasteiger partial charge >= 0.3 is 5.97 Å². The summed E-state index contributed by atoms with van der Waals surface area (Å²) in [7, 11) is 0. The van der Waals surface area contributed by atoms with Crippen LogP contribution in [0.4, 0.5) is 0 Å². The lowest BCUT2D eigenvalue weighted by atomic mass is 10.1. The van der Waals surface area contributed by atoms with Crippen molar-refractivity contribution in [1.82, 2.24) is 0 Å². The number of carbonyl (C=O) groups excluding carboxylic acids is 1. The molecule has 2 aromatic carbocycles. The molecule has 4 heteroatoms. The van der Waals surface area contributed by atoms with E-state index in [4.69, 9.17) is 10.00 Å². The molecule has 0 N–H and O–H groups in total. The van der Waals surface area contributed by atoms with Crippen molar-refractivity contribution >= 4 is 17.7 Å². The fraction of sp³-hybridized carbons (Fsp3) is 0.263. The molecule has 0 saturated heterocycles. The van der Waals surface area contributed by atoms with Gasteiger partial charge in [-0.2, -0.15) is 5.26 Å². The lowest BCUT2D eigenvalue weighted by Crippen LogP contribution is -2.07. The molecule has 1 aliphatic rings. The minimum absolute atomic E-state index is 0.207. The van der Waals surface area contributed by atoms with Gasteiger partial charge in [0.2, 0.25) is 0 Å². The Kier molecular flexibility index (Phi) is 4.99. The van der Waals surface area contributed by atoms with Gasteiger partial charge in [0.1, 0.15) is 6.61 Å². The van der Waals surface area contributed by atoms with Gasteiger partial charge in [-0.3, -0.25) is 4.79 Å². The lowest BCUT2D eigenvalue weighted by Gasteiger charge is -2.06. The molecule has 0 radical (unpaired) electrons. The Balaban J connectivity index is 1.49. The van der Waals surface area contributed by atoms with E-state index in [1.165, 1.54) is 35.7 Å². The number of nitriles is 1. The summed E-state index contributed by atoms with van der Waals surface area (Å²) in [6.45, 7) is 0.207. The number of fused-ring (bicyclic) bond motifs is 1. The molecule has 0 bridgehead atoms. The SMILES string of the molecule is N#Cc1cccc(COC(=O)CSc2ccc3c(c2)CCC3)c1. The number of aryl methyl sites for hydroxylation is 2. The van der Waals surface area contributed by atoms with Crippen LogP contribution in [-0.2, 0) is 29.0 Å². The normalized spacial score (nSPS) is 12.5. The average molecular weight is 323 g/mol. The van der Waals surface area contributed by atoms with E-state index in [1.807, 2.05) is 6.07 Å². The summed E-state index contributed by atoms with van der Waals surface area (Å²) in [4.78, 5) is 13.0. The van der Waals surface area contributed by atoms with Crippen molar-refractivity contribution in [2.75, 3.05) is 5.75 Å². The number of rotatable bonds is 5. The van der Waals surface area contributed by atoms with Gasteiger partial charge in [-0.25, -0.2) is 0 Å². The fourth-order valence-corrected chi connectivity index (χ4v) is 3.47. The van der Waals surface area contributed by atoms with Gasteiger partial charge in [0.05, 0.1) is 17.4 Å². The van der Waals surface area contributed by atoms with Gasteiger partial charge in [-0.1, -0.05) is 18.2 Å². The van der Waals surface area contributed by atoms with Gasteiger partial charge in [-0.05, 0) is 60.2 Å². The zero-order chi connectivity index (χ0) is 16.1. The number of esters is 1. The first-order valence-corrected chi connectivity index (χ1v) is 8.62. The molecule has 0 unspecified atom stereocenters. The van der Waals surface area contributed by atoms with Crippen LogP contribution in [0.1, 0.15) is 28.7 Å². The van der Waals surface area contributed by atoms with Crippen molar-refractivity contribution in [2.24, 2.45) is 0 Å². The largest absolute Gasteiger partial charge is 0.460 e. The zero-order valence-electron chi connectivity index (χ0n) is 12.7. The molecule has 0 heterocycles. The van der Waals surface area contributed by atoms with Gasteiger partial charge in [-0.15, -0.1) is 11.8 Å². The topological polar surface area (TPSA) is 50.1 Å². The smallest absolute Gasteiger partial charge is 0.316 e. The maximum atomic E-state index is 11.9. The number of hydrogen-bond acceptors (Lipinski definition) is 4. The highest BCUT2D eigenvalue weighted by atomic mass is 32.2. The summed E-state index contributed by atoms with van der Waals surface area (Å²) in [6.07, 6.45) is 3.54. The summed E-state index contributed by atoms with van der Waals surface area (Å²) in [5.41, 5.74) is 4.26. The van der Waals surface area contributed by atoms with Crippen LogP contribution in [0.25, 0.3) is 0 Å². The van der Waals surface area contributed by atoms with E-state index in [-0.39, 0.29) is 12.6 Å². The van der Waals surface area contributed by atoms with E-state index in [0.717, 1.165) is 16.9 Å². The number of benzene rings is 2. The standard InChI is InChI=1S/C19H17NO2S/c20-11-14-3-1-4-15(9-14)12-22-19(21)13-23-18-8-7-16-5-2-6-17(16)10-18/h1,3-4,7-10H,2,5-6,12-13H2. The molecular formula is C19H17NO2S. The second-order valence-electron chi connectivity index (χ2n) is 5.55. The first-order chi connectivity index (χ1) is 11.2. The number of thioether (sulfide) groups is 1. The number of hydrogen-bond donors (Lipinski definition) is 0. The van der Waals surface area contributed by atoms with Crippen LogP contribution >= 0.6 is 11.8 Å². The molecule has 0 aliphatic heterocycles. The van der Waals surface area contributed by atoms with Crippen molar-refractivity contribution in [3.05, 3.63) is 64.7 Å². The summed E-state index contributed by atoms with van der Waals surface area (Å²) < 4.78 is 5.27. The van der Waals surface area contributed by atoms with Crippen molar-refractivity contribution in [1.29, 1.82) is 5.26 Å². The van der Waals surface area contributed by atoms with Crippen LogP contribution in [-0.4, -0.2) is 11.7 Å². The molecule has 2 aromatic rings. The average Bonchev–Trinajstić information content (AvgIpc) is 3.06. The molecule has 1 aliphatic carbocycles. The molecule has 0 saturated carbocycles. The predicted molar refractivity (Wildman–Crippen MR) is 90.1 cm³/mol. The third-order valence-corrected chi connectivity index (χ3v) is 4.85. The summed E-state index contributed by atoms with van der Waals surface area (Å²) in [5, 5.41) is 8.86. The van der Waals surface area contributed by atoms with Crippen LogP contribution in [0.5, 0.6) is 0 Å². The number of nitrogens with zero attached hydrogens (tertiary/aromatic N) is 1. The Morgan fingerprint density at radius 3 is 2.91 bits per heavy atom. The van der Waals surface area contributed by atoms with Crippen molar-refractivity contribution in [3.8, 4) is 6.07 Å². The summed E-state index contributed by atoms with van der Waals surface area (Å²) in [6, 6.07) is 15.6. The van der Waals surface area contributed by atoms with Gasteiger partial charge < -0.3 is 4.74 Å². The highest BCUT2D eigenvalue weighted by Gasteiger charge is 2.12. The van der Waals surface area contributed by atoms with Gasteiger partial charge in [0, 0.05) is 4.90 Å². The Labute approximate surface area is 140 Å². The molecule has 3 nitrogen and oxygen atoms in total. The Morgan fingerprint density at radius 2 is 2.04 bits per heavy atom. The van der Waals surface area contributed by atoms with Crippen LogP contribution in [0, 0.1) is 11.3 Å². The molecule has 23 heavy (non-hydrogen) atoms. The molecule has 0 atom stereocenters. The van der Waals surface area contributed by atoms with E-state index in [9.17, 15) is 4.79 Å². The predicted octanol–water partition coefficient (Wildman–Crippen LogP) is 3.88. The van der Waals surface area contributed by atoms with Crippen molar-refractivity contribution in [2.45, 2.75) is 30.8 Å². The Morgan fingerprint density at radius 1 is 1.17 bits per heavy atom. The third-order valence-electron chi connectivity index (χ3n) is 3.88. The van der Waals surface area contributed by atoms with Gasteiger partial charge in [0.15, 0.2) is 0 Å². The highest BCUT2D eigenvalue weighted by molar-refractivity contribution is 8.00. The first kappa shape index (κ1) is 15.6. The van der Waals surface area contributed by atoms with Crippen LogP contribution < -0.4 is 0 Å². The molecule has 3 rings (SSSR count). The summed E-state index contributed by atoms with van der Waals surface area (Å²) in [5.74, 6) is 0.0642. The number of ether oxygens (including phenoxy) is 1. The minimum atomic E-state index is -0.238. The fourth-order valence-electron chi connectivity index (χ4n) is 2.72. The van der Waals surface area contributed by atoms with Gasteiger partial charge in [0.25, 0.3) is 0 Å². The van der Waals surface area contributed by atoms with E-state index in [1.54, 1.807) is 18.2 Å². The van der Waals surface area contributed by atoms with E-state index >= 15 is 0 Å². The van der Waals surface area contributed by atoms with E-state index in [2.05, 4.69) is 24.3 Å². The minimum Gasteiger partial charge on any atom is -0.460 e. The van der Waals surface area contributed by atoms with Crippen LogP contribution in [0.15, 0.2) is 47.4 Å². The van der Waals surface area contributed by atoms with Crippen LogP contribution in [0.3, 0.4) is 0 Å².